The highest BCUT2D eigenvalue weighted by molar-refractivity contribution is 7.99. The average molecular weight is 323 g/mol. The monoisotopic (exact) mass is 323 g/mol. The Labute approximate surface area is 134 Å². The Morgan fingerprint density at radius 3 is 2.81 bits per heavy atom. The number of rotatable bonds is 6. The summed E-state index contributed by atoms with van der Waals surface area (Å²) >= 11 is 3.58. The van der Waals surface area contributed by atoms with Gasteiger partial charge in [0.2, 0.25) is 5.91 Å². The van der Waals surface area contributed by atoms with E-state index in [2.05, 4.69) is 17.4 Å². The second-order valence-corrected chi connectivity index (χ2v) is 7.00. The molecule has 0 spiro atoms. The van der Waals surface area contributed by atoms with E-state index in [9.17, 15) is 4.79 Å². The van der Waals surface area contributed by atoms with Gasteiger partial charge in [0.25, 0.3) is 0 Å². The summed E-state index contributed by atoms with van der Waals surface area (Å²) in [6, 6.07) is 8.13. The number of methoxy groups -OCH3 is 1. The normalized spacial score (nSPS) is 21.8. The highest BCUT2D eigenvalue weighted by Crippen LogP contribution is 2.30. The van der Waals surface area contributed by atoms with Crippen LogP contribution in [0.4, 0.5) is 0 Å². The SMILES string of the molecule is CO[C@]1(CNC(=O)/C=C/c2ccc(SC)cc2)CCSC1. The van der Waals surface area contributed by atoms with Gasteiger partial charge in [-0.3, -0.25) is 4.79 Å². The molecule has 0 unspecified atom stereocenters. The van der Waals surface area contributed by atoms with Gasteiger partial charge in [-0.1, -0.05) is 12.1 Å². The molecule has 3 nitrogen and oxygen atoms in total. The van der Waals surface area contributed by atoms with Crippen LogP contribution in [0, 0.1) is 0 Å². The zero-order valence-electron chi connectivity index (χ0n) is 12.4. The van der Waals surface area contributed by atoms with Gasteiger partial charge >= 0.3 is 0 Å². The Bertz CT molecular complexity index is 494. The van der Waals surface area contributed by atoms with Crippen LogP contribution in [0.5, 0.6) is 0 Å². The lowest BCUT2D eigenvalue weighted by Gasteiger charge is -2.26. The van der Waals surface area contributed by atoms with Crippen molar-refractivity contribution < 1.29 is 9.53 Å². The molecule has 1 fully saturated rings. The van der Waals surface area contributed by atoms with Crippen LogP contribution in [-0.4, -0.2) is 42.9 Å². The predicted octanol–water partition coefficient (Wildman–Crippen LogP) is 3.06. The number of benzene rings is 1. The highest BCUT2D eigenvalue weighted by Gasteiger charge is 2.34. The van der Waals surface area contributed by atoms with Gasteiger partial charge in [-0.15, -0.1) is 11.8 Å². The summed E-state index contributed by atoms with van der Waals surface area (Å²) in [7, 11) is 1.72. The van der Waals surface area contributed by atoms with Gasteiger partial charge in [0.15, 0.2) is 0 Å². The molecular weight excluding hydrogens is 302 g/mol. The van der Waals surface area contributed by atoms with Gasteiger partial charge in [-0.2, -0.15) is 11.8 Å². The number of hydrogen-bond donors (Lipinski definition) is 1. The molecule has 0 bridgehead atoms. The average Bonchev–Trinajstić information content (AvgIpc) is 3.01. The first-order valence-corrected chi connectivity index (χ1v) is 9.28. The minimum Gasteiger partial charge on any atom is -0.376 e. The molecule has 0 radical (unpaired) electrons. The summed E-state index contributed by atoms with van der Waals surface area (Å²) in [5.41, 5.74) is 0.842. The Hall–Kier alpha value is -0.910. The molecule has 114 valence electrons. The number of hydrogen-bond acceptors (Lipinski definition) is 4. The summed E-state index contributed by atoms with van der Waals surface area (Å²) in [4.78, 5) is 13.1. The topological polar surface area (TPSA) is 38.3 Å². The Balaban J connectivity index is 1.84. The Kier molecular flexibility index (Phi) is 6.21. The molecule has 1 aromatic carbocycles. The predicted molar refractivity (Wildman–Crippen MR) is 91.9 cm³/mol. The standard InChI is InChI=1S/C16H21NO2S2/c1-19-16(9-10-21-12-16)11-17-15(18)8-5-13-3-6-14(20-2)7-4-13/h3-8H,9-12H2,1-2H3,(H,17,18)/b8-5+/t16-/m0/s1. The lowest BCUT2D eigenvalue weighted by atomic mass is 10.0. The second kappa shape index (κ2) is 7.92. The van der Waals surface area contributed by atoms with E-state index in [1.165, 1.54) is 4.90 Å². The number of carbonyl (C=O) groups excluding carboxylic acids is 1. The Morgan fingerprint density at radius 1 is 1.48 bits per heavy atom. The first-order chi connectivity index (χ1) is 10.2. The number of amides is 1. The third-order valence-corrected chi connectivity index (χ3v) is 5.59. The lowest BCUT2D eigenvalue weighted by Crippen LogP contribution is -2.44. The van der Waals surface area contributed by atoms with Crippen LogP contribution in [0.25, 0.3) is 6.08 Å². The van der Waals surface area contributed by atoms with E-state index >= 15 is 0 Å². The van der Waals surface area contributed by atoms with Crippen molar-refractivity contribution in [2.75, 3.05) is 31.4 Å². The van der Waals surface area contributed by atoms with Gasteiger partial charge < -0.3 is 10.1 Å². The number of carbonyl (C=O) groups is 1. The van der Waals surface area contributed by atoms with Gasteiger partial charge in [-0.05, 0) is 42.2 Å². The van der Waals surface area contributed by atoms with Crippen LogP contribution in [0.1, 0.15) is 12.0 Å². The molecule has 0 saturated carbocycles. The van der Waals surface area contributed by atoms with Crippen LogP contribution in [0.3, 0.4) is 0 Å². The third-order valence-electron chi connectivity index (χ3n) is 3.63. The maximum atomic E-state index is 11.9. The van der Waals surface area contributed by atoms with Crippen molar-refractivity contribution in [3.05, 3.63) is 35.9 Å². The minimum absolute atomic E-state index is 0.0720. The van der Waals surface area contributed by atoms with Crippen LogP contribution < -0.4 is 5.32 Å². The third kappa shape index (κ3) is 4.80. The van der Waals surface area contributed by atoms with Crippen molar-refractivity contribution in [2.24, 2.45) is 0 Å². The zero-order valence-corrected chi connectivity index (χ0v) is 14.1. The van der Waals surface area contributed by atoms with Crippen LogP contribution in [0.2, 0.25) is 0 Å². The smallest absolute Gasteiger partial charge is 0.244 e. The summed E-state index contributed by atoms with van der Waals surface area (Å²) in [6.07, 6.45) is 6.46. The molecule has 1 heterocycles. The lowest BCUT2D eigenvalue weighted by molar-refractivity contribution is -0.117. The zero-order chi connectivity index (χ0) is 15.1. The first kappa shape index (κ1) is 16.5. The maximum Gasteiger partial charge on any atom is 0.244 e. The number of nitrogens with one attached hydrogen (secondary N) is 1. The fraction of sp³-hybridized carbons (Fsp3) is 0.438. The molecule has 21 heavy (non-hydrogen) atoms. The quantitative estimate of drug-likeness (QED) is 0.645. The molecule has 1 atom stereocenters. The van der Waals surface area contributed by atoms with Crippen LogP contribution in [0.15, 0.2) is 35.2 Å². The number of ether oxygens (including phenoxy) is 1. The molecular formula is C16H21NO2S2. The fourth-order valence-corrected chi connectivity index (χ4v) is 3.96. The van der Waals surface area contributed by atoms with Gasteiger partial charge in [0.05, 0.1) is 5.60 Å². The van der Waals surface area contributed by atoms with E-state index in [4.69, 9.17) is 4.74 Å². The minimum atomic E-state index is -0.186. The van der Waals surface area contributed by atoms with Crippen molar-refractivity contribution in [3.8, 4) is 0 Å². The summed E-state index contributed by atoms with van der Waals surface area (Å²) in [6.45, 7) is 0.574. The molecule has 0 aromatic heterocycles. The molecule has 1 N–H and O–H groups in total. The van der Waals surface area contributed by atoms with Crippen molar-refractivity contribution in [1.29, 1.82) is 0 Å². The molecule has 1 saturated heterocycles. The summed E-state index contributed by atoms with van der Waals surface area (Å²) in [5, 5.41) is 2.94. The van der Waals surface area contributed by atoms with E-state index in [-0.39, 0.29) is 11.5 Å². The largest absolute Gasteiger partial charge is 0.376 e. The fourth-order valence-electron chi connectivity index (χ4n) is 2.16. The van der Waals surface area contributed by atoms with E-state index in [1.807, 2.05) is 36.2 Å². The molecule has 1 aromatic rings. The second-order valence-electron chi connectivity index (χ2n) is 5.01. The summed E-state index contributed by atoms with van der Waals surface area (Å²) < 4.78 is 5.58. The summed E-state index contributed by atoms with van der Waals surface area (Å²) in [5.74, 6) is 1.97. The van der Waals surface area contributed by atoms with Crippen molar-refractivity contribution in [2.45, 2.75) is 16.9 Å². The Morgan fingerprint density at radius 2 is 2.24 bits per heavy atom. The van der Waals surface area contributed by atoms with Gasteiger partial charge in [0.1, 0.15) is 0 Å². The molecule has 1 aliphatic heterocycles. The van der Waals surface area contributed by atoms with E-state index in [0.29, 0.717) is 6.54 Å². The van der Waals surface area contributed by atoms with E-state index in [1.54, 1.807) is 24.9 Å². The molecule has 2 rings (SSSR count). The molecule has 5 heteroatoms. The maximum absolute atomic E-state index is 11.9. The van der Waals surface area contributed by atoms with E-state index < -0.39 is 0 Å². The van der Waals surface area contributed by atoms with Crippen LogP contribution in [-0.2, 0) is 9.53 Å². The van der Waals surface area contributed by atoms with Crippen molar-refractivity contribution >= 4 is 35.5 Å². The molecule has 0 aliphatic carbocycles. The van der Waals surface area contributed by atoms with Crippen molar-refractivity contribution in [3.63, 3.8) is 0 Å². The van der Waals surface area contributed by atoms with E-state index in [0.717, 1.165) is 23.5 Å². The number of thioether (sulfide) groups is 2. The molecule has 1 aliphatic rings. The van der Waals surface area contributed by atoms with Gasteiger partial charge in [0, 0.05) is 30.4 Å². The molecule has 1 amide bonds. The van der Waals surface area contributed by atoms with Gasteiger partial charge in [-0.25, -0.2) is 0 Å². The first-order valence-electron chi connectivity index (χ1n) is 6.90. The highest BCUT2D eigenvalue weighted by atomic mass is 32.2. The van der Waals surface area contributed by atoms with Crippen LogP contribution >= 0.6 is 23.5 Å². The van der Waals surface area contributed by atoms with Crippen molar-refractivity contribution in [1.82, 2.24) is 5.32 Å².